The number of hydrogen-bond donors (Lipinski definition) is 0. The van der Waals surface area contributed by atoms with Crippen molar-refractivity contribution < 1.29 is 18.7 Å². The Morgan fingerprint density at radius 2 is 1.37 bits per heavy atom. The van der Waals surface area contributed by atoms with Crippen molar-refractivity contribution in [3.05, 3.63) is 70.3 Å². The molecular weight excluding hydrogens is 655 g/mol. The zero-order chi connectivity index (χ0) is 31.3. The number of benzene rings is 2. The van der Waals surface area contributed by atoms with Gasteiger partial charge in [0.05, 0.1) is 0 Å². The molecule has 2 aromatic rings. The molecule has 6 heteroatoms. The van der Waals surface area contributed by atoms with Gasteiger partial charge in [0.2, 0.25) is 0 Å². The Morgan fingerprint density at radius 3 is 1.79 bits per heavy atom. The van der Waals surface area contributed by atoms with Crippen molar-refractivity contribution in [1.82, 2.24) is 0 Å². The molecule has 1 aliphatic heterocycles. The van der Waals surface area contributed by atoms with E-state index in [9.17, 15) is 4.79 Å². The summed E-state index contributed by atoms with van der Waals surface area (Å²) in [5.41, 5.74) is 1.36. The third-order valence-corrected chi connectivity index (χ3v) is 28.7. The second-order valence-electron chi connectivity index (χ2n) is 13.6. The number of unbranched alkanes of at least 4 members (excludes halogenated alkanes) is 3. The summed E-state index contributed by atoms with van der Waals surface area (Å²) in [5, 5.41) is 2.47. The van der Waals surface area contributed by atoms with E-state index in [2.05, 4.69) is 106 Å². The topological polar surface area (TPSA) is 44.8 Å². The van der Waals surface area contributed by atoms with Crippen molar-refractivity contribution in [1.29, 1.82) is 0 Å². The summed E-state index contributed by atoms with van der Waals surface area (Å²) in [6.07, 6.45) is 8.54. The fourth-order valence-electron chi connectivity index (χ4n) is 6.98. The van der Waals surface area contributed by atoms with Gasteiger partial charge in [-0.15, -0.1) is 0 Å². The van der Waals surface area contributed by atoms with Crippen LogP contribution in [0.2, 0.25) is 18.3 Å². The molecule has 1 fully saturated rings. The number of esters is 1. The quantitative estimate of drug-likeness (QED) is 0.122. The van der Waals surface area contributed by atoms with E-state index in [0.717, 1.165) is 6.42 Å². The van der Waals surface area contributed by atoms with Gasteiger partial charge in [-0.1, -0.05) is 0 Å². The second-order valence-corrected chi connectivity index (χ2v) is 30.8. The third kappa shape index (κ3) is 9.54. The van der Waals surface area contributed by atoms with E-state index in [4.69, 9.17) is 13.9 Å². The SMILES string of the molecule is CCC[CH2][Sn](/[CH]=C1\C[C@H](CO[Si](c2ccccc2)(c2ccccc2)C(C)(C)C)O[C@@H]1CC(=O)OC)([CH2]CCC)[CH2]CCC. The molecule has 1 heterocycles. The number of carbonyl (C=O) groups excluding carboxylic acids is 1. The molecule has 4 nitrogen and oxygen atoms in total. The van der Waals surface area contributed by atoms with Gasteiger partial charge < -0.3 is 0 Å². The normalized spacial score (nSPS) is 18.7. The van der Waals surface area contributed by atoms with Crippen molar-refractivity contribution in [3.63, 3.8) is 0 Å². The Kier molecular flexibility index (Phi) is 14.5. The average molecular weight is 714 g/mol. The third-order valence-electron chi connectivity index (χ3n) is 9.29. The van der Waals surface area contributed by atoms with E-state index in [0.29, 0.717) is 6.61 Å². The fourth-order valence-corrected chi connectivity index (χ4v) is 27.1. The monoisotopic (exact) mass is 714 g/mol. The second kappa shape index (κ2) is 17.3. The number of rotatable bonds is 17. The molecule has 238 valence electrons. The van der Waals surface area contributed by atoms with Gasteiger partial charge in [-0.3, -0.25) is 0 Å². The molecule has 0 aliphatic carbocycles. The van der Waals surface area contributed by atoms with Crippen molar-refractivity contribution in [2.24, 2.45) is 0 Å². The van der Waals surface area contributed by atoms with Crippen LogP contribution in [0.4, 0.5) is 0 Å². The van der Waals surface area contributed by atoms with Gasteiger partial charge in [0.1, 0.15) is 0 Å². The van der Waals surface area contributed by atoms with Crippen LogP contribution in [0.3, 0.4) is 0 Å². The first kappa shape index (κ1) is 36.1. The van der Waals surface area contributed by atoms with Crippen LogP contribution < -0.4 is 10.4 Å². The zero-order valence-corrected chi connectivity index (χ0v) is 32.0. The first-order valence-electron chi connectivity index (χ1n) is 16.8. The molecule has 1 saturated heterocycles. The number of ether oxygens (including phenoxy) is 2. The molecule has 1 aliphatic rings. The van der Waals surface area contributed by atoms with Crippen LogP contribution in [0.1, 0.15) is 92.9 Å². The number of methoxy groups -OCH3 is 1. The first-order valence-corrected chi connectivity index (χ1v) is 26.4. The Balaban J connectivity index is 1.99. The van der Waals surface area contributed by atoms with Crippen molar-refractivity contribution >= 4 is 43.0 Å². The fraction of sp³-hybridized carbons (Fsp3) is 0.595. The van der Waals surface area contributed by atoms with Crippen LogP contribution >= 0.6 is 0 Å². The van der Waals surface area contributed by atoms with Gasteiger partial charge in [0, 0.05) is 0 Å². The minimum absolute atomic E-state index is 0.0740. The molecule has 0 aromatic heterocycles. The van der Waals surface area contributed by atoms with E-state index in [1.54, 1.807) is 0 Å². The molecule has 0 amide bonds. The van der Waals surface area contributed by atoms with Gasteiger partial charge in [0.25, 0.3) is 0 Å². The van der Waals surface area contributed by atoms with Gasteiger partial charge in [0.15, 0.2) is 0 Å². The van der Waals surface area contributed by atoms with E-state index < -0.39 is 26.7 Å². The average Bonchev–Trinajstić information content (AvgIpc) is 3.38. The van der Waals surface area contributed by atoms with E-state index >= 15 is 0 Å². The maximum absolute atomic E-state index is 12.6. The molecule has 0 spiro atoms. The summed E-state index contributed by atoms with van der Waals surface area (Å²) >= 11 is -2.62. The summed E-state index contributed by atoms with van der Waals surface area (Å²) in [4.78, 5) is 12.6. The van der Waals surface area contributed by atoms with Crippen molar-refractivity contribution in [2.45, 2.75) is 123 Å². The molecule has 0 saturated carbocycles. The summed E-state index contributed by atoms with van der Waals surface area (Å²) in [7, 11) is -1.19. The van der Waals surface area contributed by atoms with Crippen molar-refractivity contribution in [3.8, 4) is 0 Å². The maximum atomic E-state index is 12.6. The van der Waals surface area contributed by atoms with Gasteiger partial charge in [-0.25, -0.2) is 0 Å². The minimum atomic E-state index is -2.68. The predicted molar refractivity (Wildman–Crippen MR) is 186 cm³/mol. The summed E-state index contributed by atoms with van der Waals surface area (Å²) in [6.45, 7) is 14.4. The number of carbonyl (C=O) groups is 1. The summed E-state index contributed by atoms with van der Waals surface area (Å²) in [5.74, 6) is -0.194. The molecule has 2 atom stereocenters. The van der Waals surface area contributed by atoms with Crippen LogP contribution in [-0.2, 0) is 18.7 Å². The molecular formula is C37H58O4SiSn. The molecule has 3 rings (SSSR count). The molecule has 2 aromatic carbocycles. The first-order chi connectivity index (χ1) is 20.6. The molecule has 0 unspecified atom stereocenters. The standard InChI is InChI=1S/C25H31O4Si.3C4H9.Sn/c1-19-16-20(29-23(19)17-24(26)27-5)18-28-30(25(2,3)4,21-12-8-6-9-13-21)22-14-10-7-11-15-22;3*1-3-4-2;/h1,6-15,20,23H,16-18H2,2-5H3;3*1,3-4H2,2H3;/t20-,23-;;;;/m1..../s1. The van der Waals surface area contributed by atoms with Crippen molar-refractivity contribution in [2.75, 3.05) is 13.7 Å². The van der Waals surface area contributed by atoms with Crippen LogP contribution in [0.15, 0.2) is 70.3 Å². The van der Waals surface area contributed by atoms with Crippen LogP contribution in [0, 0.1) is 0 Å². The molecule has 0 radical (unpaired) electrons. The van der Waals surface area contributed by atoms with Crippen LogP contribution in [0.5, 0.6) is 0 Å². The van der Waals surface area contributed by atoms with E-state index in [1.807, 2.05) is 0 Å². The van der Waals surface area contributed by atoms with Gasteiger partial charge in [-0.2, -0.15) is 0 Å². The van der Waals surface area contributed by atoms with Crippen LogP contribution in [0.25, 0.3) is 0 Å². The molecule has 0 N–H and O–H groups in total. The Hall–Kier alpha value is -1.41. The summed E-state index contributed by atoms with van der Waals surface area (Å²) < 4.78 is 26.2. The van der Waals surface area contributed by atoms with E-state index in [-0.39, 0.29) is 29.6 Å². The van der Waals surface area contributed by atoms with Gasteiger partial charge in [-0.05, 0) is 0 Å². The zero-order valence-electron chi connectivity index (χ0n) is 28.1. The Labute approximate surface area is 268 Å². The Bertz CT molecular complexity index is 1070. The van der Waals surface area contributed by atoms with E-state index in [1.165, 1.54) is 74.9 Å². The van der Waals surface area contributed by atoms with Gasteiger partial charge >= 0.3 is 269 Å². The van der Waals surface area contributed by atoms with Crippen LogP contribution in [-0.4, -0.2) is 58.6 Å². The molecule has 43 heavy (non-hydrogen) atoms. The number of hydrogen-bond acceptors (Lipinski definition) is 4. The summed E-state index contributed by atoms with van der Waals surface area (Å²) in [6, 6.07) is 21.6. The Morgan fingerprint density at radius 1 is 0.884 bits per heavy atom. The molecule has 0 bridgehead atoms. The predicted octanol–water partition coefficient (Wildman–Crippen LogP) is 8.60.